The highest BCUT2D eigenvalue weighted by Gasteiger charge is 1.93. The second-order valence-electron chi connectivity index (χ2n) is 1.03. The highest BCUT2D eigenvalue weighted by atomic mass is 31.0. The molecule has 4 heteroatoms. The van der Waals surface area contributed by atoms with Gasteiger partial charge in [-0.15, -0.1) is 0 Å². The van der Waals surface area contributed by atoms with E-state index in [2.05, 4.69) is 4.52 Å². The summed E-state index contributed by atoms with van der Waals surface area (Å²) in [6, 6.07) is 0. The zero-order valence-corrected chi connectivity index (χ0v) is 5.04. The lowest BCUT2D eigenvalue weighted by atomic mass is 10.5. The normalized spacial score (nSPS) is 8.29. The third kappa shape index (κ3) is 3.70. The first-order valence-corrected chi connectivity index (χ1v) is 2.38. The van der Waals surface area contributed by atoms with Gasteiger partial charge in [-0.1, -0.05) is 0 Å². The van der Waals surface area contributed by atoms with Gasteiger partial charge in [-0.25, -0.2) is 0 Å². The summed E-state index contributed by atoms with van der Waals surface area (Å²) < 4.78 is 4.19. The Kier molecular flexibility index (Phi) is 3.95. The average molecular weight is 121 g/mol. The minimum atomic E-state index is -0.285. The fourth-order valence-electron chi connectivity index (χ4n) is 0.177. The van der Waals surface area contributed by atoms with Crippen molar-refractivity contribution in [1.29, 1.82) is 0 Å². The molecule has 0 amide bonds. The van der Waals surface area contributed by atoms with Crippen LogP contribution in [-0.4, -0.2) is 12.5 Å². The Bertz CT molecular complexity index is 66.0. The maximum atomic E-state index is 10.1. The van der Waals surface area contributed by atoms with Crippen LogP contribution in [0.2, 0.25) is 0 Å². The molecule has 0 fully saturated rings. The summed E-state index contributed by atoms with van der Waals surface area (Å²) in [6.07, 6.45) is 0.295. The van der Waals surface area contributed by atoms with E-state index in [0.717, 1.165) is 0 Å². The van der Waals surface area contributed by atoms with Crippen molar-refractivity contribution in [3.05, 3.63) is 0 Å². The van der Waals surface area contributed by atoms with Crippen molar-refractivity contribution in [3.63, 3.8) is 0 Å². The minimum Gasteiger partial charge on any atom is -0.451 e. The first kappa shape index (κ1) is 6.86. The van der Waals surface area contributed by atoms with Crippen LogP contribution in [0.15, 0.2) is 0 Å². The summed E-state index contributed by atoms with van der Waals surface area (Å²) in [5.74, 6) is -0.285. The molecule has 1 unspecified atom stereocenters. The molecule has 0 spiro atoms. The highest BCUT2D eigenvalue weighted by molar-refractivity contribution is 7.10. The molecule has 0 saturated carbocycles. The summed E-state index contributed by atoms with van der Waals surface area (Å²) in [5, 5.41) is 0. The van der Waals surface area contributed by atoms with Gasteiger partial charge < -0.3 is 10.3 Å². The third-order valence-corrected chi connectivity index (χ3v) is 0.743. The summed E-state index contributed by atoms with van der Waals surface area (Å²) >= 11 is 0. The lowest BCUT2D eigenvalue weighted by molar-refractivity contribution is -0.132. The first-order valence-electron chi connectivity index (χ1n) is 1.91. The number of carbonyl (C=O) groups excluding carboxylic acids is 1. The summed E-state index contributed by atoms with van der Waals surface area (Å²) in [6.45, 7) is 0.354. The average Bonchev–Trinajstić information content (AvgIpc) is 1.68. The van der Waals surface area contributed by atoms with Crippen molar-refractivity contribution in [2.75, 3.05) is 6.54 Å². The van der Waals surface area contributed by atoms with Gasteiger partial charge in [0.15, 0.2) is 0 Å². The van der Waals surface area contributed by atoms with Crippen molar-refractivity contribution < 1.29 is 9.32 Å². The van der Waals surface area contributed by atoms with Crippen molar-refractivity contribution >= 4 is 15.4 Å². The van der Waals surface area contributed by atoms with E-state index in [1.807, 2.05) is 9.47 Å². The molecule has 42 valence electrons. The van der Waals surface area contributed by atoms with Crippen molar-refractivity contribution in [1.82, 2.24) is 0 Å². The largest absolute Gasteiger partial charge is 0.451 e. The fraction of sp³-hybridized carbons (Fsp3) is 0.667. The van der Waals surface area contributed by atoms with Gasteiger partial charge in [-0.05, 0) is 0 Å². The van der Waals surface area contributed by atoms with E-state index in [4.69, 9.17) is 5.73 Å². The number of nitrogens with two attached hydrogens (primary N) is 1. The first-order chi connectivity index (χ1) is 3.31. The van der Waals surface area contributed by atoms with Gasteiger partial charge in [0.25, 0.3) is 0 Å². The van der Waals surface area contributed by atoms with Gasteiger partial charge in [0.2, 0.25) is 0 Å². The SMILES string of the molecule is NCCC(=O)OP. The van der Waals surface area contributed by atoms with Gasteiger partial charge in [0.05, 0.1) is 15.9 Å². The molecule has 0 aromatic heterocycles. The van der Waals surface area contributed by atoms with Crippen LogP contribution in [0.1, 0.15) is 6.42 Å². The van der Waals surface area contributed by atoms with Crippen molar-refractivity contribution in [2.24, 2.45) is 5.73 Å². The van der Waals surface area contributed by atoms with Gasteiger partial charge in [0.1, 0.15) is 0 Å². The molecule has 0 aromatic carbocycles. The van der Waals surface area contributed by atoms with Gasteiger partial charge in [0, 0.05) is 6.54 Å². The number of hydrogen-bond donors (Lipinski definition) is 1. The molecule has 2 N–H and O–H groups in total. The smallest absolute Gasteiger partial charge is 0.309 e. The van der Waals surface area contributed by atoms with Crippen LogP contribution >= 0.6 is 9.47 Å². The van der Waals surface area contributed by atoms with E-state index < -0.39 is 0 Å². The molecular weight excluding hydrogens is 113 g/mol. The molecule has 0 bridgehead atoms. The number of carbonyl (C=O) groups is 1. The Morgan fingerprint density at radius 2 is 2.43 bits per heavy atom. The van der Waals surface area contributed by atoms with Crippen LogP contribution in [0.25, 0.3) is 0 Å². The number of hydrogen-bond acceptors (Lipinski definition) is 3. The standard InChI is InChI=1S/C3H8NO2P/c4-2-1-3(5)6-7/h1-2,4,7H2. The van der Waals surface area contributed by atoms with Crippen LogP contribution in [0.3, 0.4) is 0 Å². The quantitative estimate of drug-likeness (QED) is 0.509. The Hall–Kier alpha value is -0.140. The molecule has 0 aliphatic carbocycles. The molecule has 0 aromatic rings. The van der Waals surface area contributed by atoms with Gasteiger partial charge in [-0.3, -0.25) is 4.79 Å². The lowest BCUT2D eigenvalue weighted by Crippen LogP contribution is -2.06. The zero-order valence-electron chi connectivity index (χ0n) is 3.89. The lowest BCUT2D eigenvalue weighted by Gasteiger charge is -1.90. The summed E-state index contributed by atoms with van der Waals surface area (Å²) in [7, 11) is 1.86. The molecule has 1 atom stereocenters. The summed E-state index contributed by atoms with van der Waals surface area (Å²) in [5.41, 5.74) is 4.99. The Morgan fingerprint density at radius 3 is 2.57 bits per heavy atom. The summed E-state index contributed by atoms with van der Waals surface area (Å²) in [4.78, 5) is 10.1. The van der Waals surface area contributed by atoms with E-state index in [1.54, 1.807) is 0 Å². The van der Waals surface area contributed by atoms with Crippen molar-refractivity contribution in [3.8, 4) is 0 Å². The van der Waals surface area contributed by atoms with E-state index >= 15 is 0 Å². The van der Waals surface area contributed by atoms with Crippen LogP contribution < -0.4 is 5.73 Å². The molecule has 7 heavy (non-hydrogen) atoms. The second-order valence-corrected chi connectivity index (χ2v) is 1.26. The van der Waals surface area contributed by atoms with Crippen LogP contribution in [0.4, 0.5) is 0 Å². The maximum Gasteiger partial charge on any atom is 0.309 e. The van der Waals surface area contributed by atoms with Crippen LogP contribution in [0.5, 0.6) is 0 Å². The molecule has 0 radical (unpaired) electrons. The third-order valence-electron chi connectivity index (χ3n) is 0.480. The van der Waals surface area contributed by atoms with Crippen LogP contribution in [-0.2, 0) is 9.32 Å². The number of rotatable bonds is 2. The molecule has 0 aliphatic rings. The zero-order chi connectivity index (χ0) is 5.70. The monoisotopic (exact) mass is 121 g/mol. The van der Waals surface area contributed by atoms with Gasteiger partial charge in [-0.2, -0.15) is 0 Å². The molecule has 0 heterocycles. The Balaban J connectivity index is 3.00. The second kappa shape index (κ2) is 4.03. The van der Waals surface area contributed by atoms with E-state index in [1.165, 1.54) is 0 Å². The minimum absolute atomic E-state index is 0.285. The molecule has 0 rings (SSSR count). The maximum absolute atomic E-state index is 10.1. The highest BCUT2D eigenvalue weighted by Crippen LogP contribution is 1.88. The molecule has 3 nitrogen and oxygen atoms in total. The predicted octanol–water partition coefficient (Wildman–Crippen LogP) is -0.331. The van der Waals surface area contributed by atoms with E-state index in [0.29, 0.717) is 13.0 Å². The van der Waals surface area contributed by atoms with Crippen LogP contribution in [0, 0.1) is 0 Å². The van der Waals surface area contributed by atoms with E-state index in [9.17, 15) is 4.79 Å². The van der Waals surface area contributed by atoms with Crippen molar-refractivity contribution in [2.45, 2.75) is 6.42 Å². The Morgan fingerprint density at radius 1 is 1.86 bits per heavy atom. The topological polar surface area (TPSA) is 52.3 Å². The van der Waals surface area contributed by atoms with E-state index in [-0.39, 0.29) is 5.97 Å². The molecular formula is C3H8NO2P. The predicted molar refractivity (Wildman–Crippen MR) is 29.5 cm³/mol. The Labute approximate surface area is 44.5 Å². The molecule has 0 aliphatic heterocycles. The van der Waals surface area contributed by atoms with Gasteiger partial charge >= 0.3 is 5.97 Å². The molecule has 0 saturated heterocycles. The fourth-order valence-corrected chi connectivity index (χ4v) is 0.295.